The van der Waals surface area contributed by atoms with E-state index in [9.17, 15) is 10.1 Å². The molecule has 0 radical (unpaired) electrons. The summed E-state index contributed by atoms with van der Waals surface area (Å²) >= 11 is 1.29. The maximum Gasteiger partial charge on any atom is 0.234 e. The van der Waals surface area contributed by atoms with E-state index in [2.05, 4.69) is 16.4 Å². The number of aryl methyl sites for hydroxylation is 4. The van der Waals surface area contributed by atoms with E-state index < -0.39 is 0 Å². The second-order valence-electron chi connectivity index (χ2n) is 6.74. The van der Waals surface area contributed by atoms with Gasteiger partial charge in [0.05, 0.1) is 16.8 Å². The molecule has 0 fully saturated rings. The third kappa shape index (κ3) is 4.29. The lowest BCUT2D eigenvalue weighted by atomic mass is 10.1. The van der Waals surface area contributed by atoms with Gasteiger partial charge in [0, 0.05) is 11.1 Å². The Balaban J connectivity index is 1.78. The number of anilines is 1. The van der Waals surface area contributed by atoms with Gasteiger partial charge in [-0.2, -0.15) is 5.26 Å². The molecule has 0 aliphatic heterocycles. The third-order valence-electron chi connectivity index (χ3n) is 4.51. The van der Waals surface area contributed by atoms with Crippen LogP contribution in [0.3, 0.4) is 0 Å². The molecule has 136 valence electrons. The van der Waals surface area contributed by atoms with Crippen LogP contribution in [0.2, 0.25) is 0 Å². The number of nitrogens with zero attached hydrogens (tertiary/aromatic N) is 2. The highest BCUT2D eigenvalue weighted by Gasteiger charge is 2.12. The van der Waals surface area contributed by atoms with E-state index >= 15 is 0 Å². The van der Waals surface area contributed by atoms with Gasteiger partial charge in [0.15, 0.2) is 0 Å². The van der Waals surface area contributed by atoms with Crippen molar-refractivity contribution in [2.75, 3.05) is 11.1 Å². The number of carbonyl (C=O) groups is 1. The molecule has 0 aliphatic carbocycles. The molecule has 5 heteroatoms. The lowest BCUT2D eigenvalue weighted by Gasteiger charge is -2.10. The van der Waals surface area contributed by atoms with Gasteiger partial charge in [0.1, 0.15) is 11.1 Å². The van der Waals surface area contributed by atoms with Crippen LogP contribution in [-0.4, -0.2) is 16.6 Å². The van der Waals surface area contributed by atoms with Crippen molar-refractivity contribution in [1.29, 1.82) is 5.26 Å². The number of thioether (sulfide) groups is 1. The zero-order chi connectivity index (χ0) is 19.6. The van der Waals surface area contributed by atoms with Crippen LogP contribution in [0.4, 0.5) is 5.69 Å². The molecule has 1 N–H and O–H groups in total. The number of nitrogens with one attached hydrogen (secondary N) is 1. The predicted molar refractivity (Wildman–Crippen MR) is 111 cm³/mol. The number of hydrogen-bond acceptors (Lipinski definition) is 4. The van der Waals surface area contributed by atoms with E-state index in [1.54, 1.807) is 0 Å². The van der Waals surface area contributed by atoms with Crippen LogP contribution in [0.5, 0.6) is 0 Å². The molecule has 3 rings (SSSR count). The fraction of sp³-hybridized carbons (Fsp3) is 0.227. The summed E-state index contributed by atoms with van der Waals surface area (Å²) in [6.07, 6.45) is 0. The molecular weight excluding hydrogens is 354 g/mol. The minimum absolute atomic E-state index is 0.113. The van der Waals surface area contributed by atoms with Crippen molar-refractivity contribution in [3.63, 3.8) is 0 Å². The van der Waals surface area contributed by atoms with Crippen molar-refractivity contribution >= 4 is 34.3 Å². The largest absolute Gasteiger partial charge is 0.325 e. The molecule has 2 aromatic carbocycles. The van der Waals surface area contributed by atoms with Gasteiger partial charge in [0.25, 0.3) is 0 Å². The van der Waals surface area contributed by atoms with E-state index in [0.29, 0.717) is 10.6 Å². The Morgan fingerprint density at radius 2 is 1.81 bits per heavy atom. The molecule has 27 heavy (non-hydrogen) atoms. The minimum Gasteiger partial charge on any atom is -0.325 e. The summed E-state index contributed by atoms with van der Waals surface area (Å²) in [7, 11) is 0. The van der Waals surface area contributed by atoms with Crippen LogP contribution >= 0.6 is 11.8 Å². The summed E-state index contributed by atoms with van der Waals surface area (Å²) in [4.78, 5) is 17.0. The Morgan fingerprint density at radius 3 is 2.52 bits per heavy atom. The topological polar surface area (TPSA) is 65.8 Å². The molecule has 3 aromatic rings. The van der Waals surface area contributed by atoms with Crippen molar-refractivity contribution in [1.82, 2.24) is 4.98 Å². The molecule has 1 heterocycles. The number of nitriles is 1. The average Bonchev–Trinajstić information content (AvgIpc) is 2.63. The van der Waals surface area contributed by atoms with Gasteiger partial charge in [-0.15, -0.1) is 0 Å². The van der Waals surface area contributed by atoms with E-state index in [1.807, 2.05) is 64.1 Å². The number of hydrogen-bond donors (Lipinski definition) is 1. The summed E-state index contributed by atoms with van der Waals surface area (Å²) in [5.41, 5.74) is 6.66. The summed E-state index contributed by atoms with van der Waals surface area (Å²) in [5.74, 6) is 0.0866. The molecule has 0 spiro atoms. The van der Waals surface area contributed by atoms with E-state index in [-0.39, 0.29) is 11.7 Å². The molecule has 0 saturated carbocycles. The highest BCUT2D eigenvalue weighted by molar-refractivity contribution is 8.00. The maximum atomic E-state index is 12.3. The normalized spacial score (nSPS) is 10.6. The monoisotopic (exact) mass is 375 g/mol. The van der Waals surface area contributed by atoms with Crippen LogP contribution in [0.15, 0.2) is 41.4 Å². The summed E-state index contributed by atoms with van der Waals surface area (Å²) in [6, 6.07) is 14.0. The number of aromatic nitrogens is 1. The second kappa shape index (κ2) is 7.81. The zero-order valence-electron chi connectivity index (χ0n) is 15.9. The number of carbonyl (C=O) groups excluding carboxylic acids is 1. The first kappa shape index (κ1) is 18.9. The minimum atomic E-state index is -0.113. The first-order chi connectivity index (χ1) is 12.9. The molecular formula is C22H21N3OS. The van der Waals surface area contributed by atoms with Crippen LogP contribution in [-0.2, 0) is 4.79 Å². The van der Waals surface area contributed by atoms with E-state index in [1.165, 1.54) is 17.3 Å². The molecule has 0 aliphatic rings. The van der Waals surface area contributed by atoms with Crippen molar-refractivity contribution in [3.05, 3.63) is 64.2 Å². The van der Waals surface area contributed by atoms with Crippen molar-refractivity contribution < 1.29 is 4.79 Å². The third-order valence-corrected chi connectivity index (χ3v) is 5.50. The first-order valence-electron chi connectivity index (χ1n) is 8.69. The van der Waals surface area contributed by atoms with Crippen molar-refractivity contribution in [2.24, 2.45) is 0 Å². The summed E-state index contributed by atoms with van der Waals surface area (Å²) in [6.45, 7) is 8.07. The Bertz CT molecular complexity index is 1080. The summed E-state index contributed by atoms with van der Waals surface area (Å²) in [5, 5.41) is 13.9. The van der Waals surface area contributed by atoms with Gasteiger partial charge in [-0.1, -0.05) is 29.5 Å². The maximum absolute atomic E-state index is 12.3. The molecule has 0 atom stereocenters. The quantitative estimate of drug-likeness (QED) is 0.647. The SMILES string of the molecule is Cc1ccc(NC(=O)CSc2nc3cc(C)c(C)cc3cc2C#N)c(C)c1. The van der Waals surface area contributed by atoms with Gasteiger partial charge in [-0.25, -0.2) is 4.98 Å². The van der Waals surface area contributed by atoms with Gasteiger partial charge in [-0.05, 0) is 68.7 Å². The smallest absolute Gasteiger partial charge is 0.234 e. The molecule has 1 aromatic heterocycles. The average molecular weight is 375 g/mol. The fourth-order valence-corrected chi connectivity index (χ4v) is 3.65. The first-order valence-corrected chi connectivity index (χ1v) is 9.68. The standard InChI is InChI=1S/C22H21N3OS/c1-13-5-6-19(16(4)7-13)24-21(26)12-27-22-18(11-23)10-17-8-14(2)15(3)9-20(17)25-22/h5-10H,12H2,1-4H3,(H,24,26). The highest BCUT2D eigenvalue weighted by atomic mass is 32.2. The summed E-state index contributed by atoms with van der Waals surface area (Å²) < 4.78 is 0. The number of fused-ring (bicyclic) bond motifs is 1. The van der Waals surface area contributed by atoms with Gasteiger partial charge in [-0.3, -0.25) is 4.79 Å². The van der Waals surface area contributed by atoms with Gasteiger partial charge < -0.3 is 5.32 Å². The number of benzene rings is 2. The van der Waals surface area contributed by atoms with E-state index in [0.717, 1.165) is 33.3 Å². The van der Waals surface area contributed by atoms with Gasteiger partial charge >= 0.3 is 0 Å². The molecule has 4 nitrogen and oxygen atoms in total. The van der Waals surface area contributed by atoms with Crippen molar-refractivity contribution in [2.45, 2.75) is 32.7 Å². The second-order valence-corrected chi connectivity index (χ2v) is 7.70. The lowest BCUT2D eigenvalue weighted by Crippen LogP contribution is -2.15. The van der Waals surface area contributed by atoms with Crippen LogP contribution in [0.25, 0.3) is 10.9 Å². The van der Waals surface area contributed by atoms with Crippen molar-refractivity contribution in [3.8, 4) is 6.07 Å². The van der Waals surface area contributed by atoms with Gasteiger partial charge in [0.2, 0.25) is 5.91 Å². The number of rotatable bonds is 4. The molecule has 1 amide bonds. The fourth-order valence-electron chi connectivity index (χ4n) is 2.89. The predicted octanol–water partition coefficient (Wildman–Crippen LogP) is 5.07. The Morgan fingerprint density at radius 1 is 1.07 bits per heavy atom. The van der Waals surface area contributed by atoms with Crippen LogP contribution in [0, 0.1) is 39.0 Å². The Kier molecular flexibility index (Phi) is 5.48. The Hall–Kier alpha value is -2.84. The number of amides is 1. The number of pyridine rings is 1. The lowest BCUT2D eigenvalue weighted by molar-refractivity contribution is -0.113. The van der Waals surface area contributed by atoms with Crippen LogP contribution in [0.1, 0.15) is 27.8 Å². The van der Waals surface area contributed by atoms with Crippen LogP contribution < -0.4 is 5.32 Å². The van der Waals surface area contributed by atoms with E-state index in [4.69, 9.17) is 0 Å². The molecule has 0 bridgehead atoms. The highest BCUT2D eigenvalue weighted by Crippen LogP contribution is 2.27. The molecule has 0 saturated heterocycles. The Labute approximate surface area is 163 Å². The molecule has 0 unspecified atom stereocenters. The zero-order valence-corrected chi connectivity index (χ0v) is 16.7.